The second-order valence-electron chi connectivity index (χ2n) is 4.84. The predicted molar refractivity (Wildman–Crippen MR) is 72.8 cm³/mol. The van der Waals surface area contributed by atoms with Crippen LogP contribution in [-0.2, 0) is 14.6 Å². The third-order valence-corrected chi connectivity index (χ3v) is 4.76. The summed E-state index contributed by atoms with van der Waals surface area (Å²) < 4.78 is 22.9. The van der Waals surface area contributed by atoms with Gasteiger partial charge in [-0.3, -0.25) is 4.79 Å². The quantitative estimate of drug-likeness (QED) is 0.677. The Labute approximate surface area is 118 Å². The van der Waals surface area contributed by atoms with E-state index in [-0.39, 0.29) is 24.0 Å². The van der Waals surface area contributed by atoms with Crippen LogP contribution < -0.4 is 5.32 Å². The van der Waals surface area contributed by atoms with Gasteiger partial charge in [-0.25, -0.2) is 13.2 Å². The molecule has 1 aliphatic rings. The summed E-state index contributed by atoms with van der Waals surface area (Å²) in [7, 11) is -3.20. The average molecular weight is 302 g/mol. The molecule has 2 amide bonds. The lowest BCUT2D eigenvalue weighted by Gasteiger charge is -2.28. The number of carboxylic acid groups (broad SMARTS) is 1. The van der Waals surface area contributed by atoms with Gasteiger partial charge in [-0.1, -0.05) is 0 Å². The van der Waals surface area contributed by atoms with E-state index in [1.165, 1.54) is 0 Å². The second kappa shape index (κ2) is 6.61. The van der Waals surface area contributed by atoms with Crippen LogP contribution in [0.2, 0.25) is 0 Å². The highest BCUT2D eigenvalue weighted by Crippen LogP contribution is 2.18. The molecule has 1 fully saturated rings. The van der Waals surface area contributed by atoms with Gasteiger partial charge in [0.1, 0.15) is 6.54 Å². The molecule has 7 nitrogen and oxygen atoms in total. The summed E-state index contributed by atoms with van der Waals surface area (Å²) in [6, 6.07) is -1.51. The van der Waals surface area contributed by atoms with Gasteiger partial charge < -0.3 is 15.3 Å². The summed E-state index contributed by atoms with van der Waals surface area (Å²) >= 11 is 0. The maximum Gasteiger partial charge on any atom is 0.323 e. The molecule has 1 aliphatic heterocycles. The van der Waals surface area contributed by atoms with Crippen molar-refractivity contribution in [3.8, 4) is 12.3 Å². The number of carboxylic acids is 1. The van der Waals surface area contributed by atoms with Gasteiger partial charge in [-0.15, -0.1) is 12.3 Å². The van der Waals surface area contributed by atoms with Gasteiger partial charge >= 0.3 is 12.0 Å². The number of rotatable bonds is 5. The lowest BCUT2D eigenvalue weighted by molar-refractivity contribution is -0.138. The van der Waals surface area contributed by atoms with Crippen LogP contribution in [0.25, 0.3) is 0 Å². The molecule has 112 valence electrons. The van der Waals surface area contributed by atoms with Crippen molar-refractivity contribution in [1.82, 2.24) is 10.2 Å². The third-order valence-electron chi connectivity index (χ3n) is 3.01. The van der Waals surface area contributed by atoms with Crippen molar-refractivity contribution in [2.75, 3.05) is 18.1 Å². The Hall–Kier alpha value is -1.75. The molecule has 1 heterocycles. The third kappa shape index (κ3) is 4.74. The molecule has 1 rings (SSSR count). The number of hydrogen-bond donors (Lipinski definition) is 2. The Kier molecular flexibility index (Phi) is 5.39. The van der Waals surface area contributed by atoms with E-state index in [4.69, 9.17) is 11.5 Å². The van der Waals surface area contributed by atoms with E-state index in [0.29, 0.717) is 6.42 Å². The van der Waals surface area contributed by atoms with Gasteiger partial charge in [0.2, 0.25) is 0 Å². The number of nitrogens with one attached hydrogen (secondary N) is 1. The van der Waals surface area contributed by atoms with Crippen LogP contribution in [0.4, 0.5) is 4.79 Å². The van der Waals surface area contributed by atoms with Crippen molar-refractivity contribution in [3.05, 3.63) is 0 Å². The van der Waals surface area contributed by atoms with Crippen LogP contribution in [-0.4, -0.2) is 60.6 Å². The van der Waals surface area contributed by atoms with Crippen molar-refractivity contribution >= 4 is 21.8 Å². The van der Waals surface area contributed by atoms with E-state index in [9.17, 15) is 18.0 Å². The second-order valence-corrected chi connectivity index (χ2v) is 7.07. The fraction of sp³-hybridized carbons (Fsp3) is 0.667. The lowest BCUT2D eigenvalue weighted by atomic mass is 10.2. The van der Waals surface area contributed by atoms with Crippen LogP contribution in [0.3, 0.4) is 0 Å². The maximum atomic E-state index is 12.1. The van der Waals surface area contributed by atoms with Crippen LogP contribution in [0.5, 0.6) is 0 Å². The van der Waals surface area contributed by atoms with Crippen molar-refractivity contribution in [2.24, 2.45) is 0 Å². The van der Waals surface area contributed by atoms with Crippen LogP contribution in [0, 0.1) is 12.3 Å². The maximum absolute atomic E-state index is 12.1. The van der Waals surface area contributed by atoms with E-state index < -0.39 is 34.4 Å². The first-order chi connectivity index (χ1) is 9.25. The Morgan fingerprint density at radius 2 is 2.20 bits per heavy atom. The van der Waals surface area contributed by atoms with E-state index in [2.05, 4.69) is 11.2 Å². The van der Waals surface area contributed by atoms with Gasteiger partial charge in [0, 0.05) is 18.5 Å². The largest absolute Gasteiger partial charge is 0.480 e. The molecule has 20 heavy (non-hydrogen) atoms. The number of urea groups is 1. The van der Waals surface area contributed by atoms with Crippen LogP contribution in [0.1, 0.15) is 19.8 Å². The Bertz CT molecular complexity index is 522. The van der Waals surface area contributed by atoms with E-state index >= 15 is 0 Å². The first-order valence-electron chi connectivity index (χ1n) is 6.18. The molecule has 0 aliphatic carbocycles. The fourth-order valence-corrected chi connectivity index (χ4v) is 3.79. The number of nitrogens with zero attached hydrogens (tertiary/aromatic N) is 1. The molecule has 2 unspecified atom stereocenters. The standard InChI is InChI=1S/C12H18N2O5S/c1-3-4-9(2)13-12(17)14(7-11(15)16)10-5-6-20(18,19)8-10/h1,9-10H,4-8H2,2H3,(H,13,17)(H,15,16). The van der Waals surface area contributed by atoms with E-state index in [1.54, 1.807) is 6.92 Å². The number of carbonyl (C=O) groups is 2. The van der Waals surface area contributed by atoms with Gasteiger partial charge in [0.15, 0.2) is 9.84 Å². The number of amides is 2. The normalized spacial score (nSPS) is 21.7. The van der Waals surface area contributed by atoms with Gasteiger partial charge in [-0.05, 0) is 13.3 Å². The first-order valence-corrected chi connectivity index (χ1v) is 8.00. The van der Waals surface area contributed by atoms with Crippen molar-refractivity contribution < 1.29 is 23.1 Å². The number of terminal acetylenes is 1. The molecule has 0 aromatic rings. The molecule has 8 heteroatoms. The highest BCUT2D eigenvalue weighted by molar-refractivity contribution is 7.91. The summed E-state index contributed by atoms with van der Waals surface area (Å²) in [5, 5.41) is 11.4. The Morgan fingerprint density at radius 1 is 1.55 bits per heavy atom. The Balaban J connectivity index is 2.77. The highest BCUT2D eigenvalue weighted by Gasteiger charge is 2.35. The fourth-order valence-electron chi connectivity index (χ4n) is 2.06. The minimum absolute atomic E-state index is 0.0268. The SMILES string of the molecule is C#CCC(C)NC(=O)N(CC(=O)O)C1CCS(=O)(=O)C1. The molecule has 0 spiro atoms. The van der Waals surface area contributed by atoms with Crippen LogP contribution in [0.15, 0.2) is 0 Å². The molecule has 0 saturated carbocycles. The molecule has 0 aromatic heterocycles. The molecule has 0 aromatic carbocycles. The average Bonchev–Trinajstić information content (AvgIpc) is 2.66. The van der Waals surface area contributed by atoms with Gasteiger partial charge in [0.05, 0.1) is 11.5 Å². The first kappa shape index (κ1) is 16.3. The van der Waals surface area contributed by atoms with Crippen molar-refractivity contribution in [2.45, 2.75) is 31.8 Å². The van der Waals surface area contributed by atoms with Gasteiger partial charge in [0.25, 0.3) is 0 Å². The molecular weight excluding hydrogens is 284 g/mol. The zero-order valence-corrected chi connectivity index (χ0v) is 12.0. The molecule has 1 saturated heterocycles. The summed E-state index contributed by atoms with van der Waals surface area (Å²) in [5.41, 5.74) is 0. The number of hydrogen-bond acceptors (Lipinski definition) is 4. The van der Waals surface area contributed by atoms with Crippen molar-refractivity contribution in [1.29, 1.82) is 0 Å². The lowest BCUT2D eigenvalue weighted by Crippen LogP contribution is -2.51. The summed E-state index contributed by atoms with van der Waals surface area (Å²) in [6.07, 6.45) is 5.70. The molecular formula is C12H18N2O5S. The predicted octanol–water partition coefficient (Wildman–Crippen LogP) is -0.318. The van der Waals surface area contributed by atoms with E-state index in [0.717, 1.165) is 4.90 Å². The molecule has 0 radical (unpaired) electrons. The molecule has 0 bridgehead atoms. The van der Waals surface area contributed by atoms with Crippen LogP contribution >= 0.6 is 0 Å². The highest BCUT2D eigenvalue weighted by atomic mass is 32.2. The number of aliphatic carboxylic acids is 1. The van der Waals surface area contributed by atoms with Gasteiger partial charge in [-0.2, -0.15) is 0 Å². The smallest absolute Gasteiger partial charge is 0.323 e. The van der Waals surface area contributed by atoms with Crippen molar-refractivity contribution in [3.63, 3.8) is 0 Å². The zero-order chi connectivity index (χ0) is 15.3. The molecule has 2 atom stereocenters. The monoisotopic (exact) mass is 302 g/mol. The number of carbonyl (C=O) groups excluding carboxylic acids is 1. The zero-order valence-electron chi connectivity index (χ0n) is 11.2. The minimum Gasteiger partial charge on any atom is -0.480 e. The summed E-state index contributed by atoms with van der Waals surface area (Å²) in [5.74, 6) is 0.980. The summed E-state index contributed by atoms with van der Waals surface area (Å²) in [6.45, 7) is 1.16. The number of sulfone groups is 1. The Morgan fingerprint density at radius 3 is 2.65 bits per heavy atom. The van der Waals surface area contributed by atoms with E-state index in [1.807, 2.05) is 0 Å². The summed E-state index contributed by atoms with van der Waals surface area (Å²) in [4.78, 5) is 23.9. The minimum atomic E-state index is -3.20. The topological polar surface area (TPSA) is 104 Å². The molecule has 2 N–H and O–H groups in total.